The molecule has 1 aromatic rings. The van der Waals surface area contributed by atoms with Crippen LogP contribution in [0.2, 0.25) is 0 Å². The molecule has 1 heterocycles. The van der Waals surface area contributed by atoms with Crippen molar-refractivity contribution in [2.24, 2.45) is 5.73 Å². The molecule has 0 spiro atoms. The summed E-state index contributed by atoms with van der Waals surface area (Å²) in [6.45, 7) is 6.75. The van der Waals surface area contributed by atoms with Crippen LogP contribution in [0.4, 0.5) is 4.39 Å². The summed E-state index contributed by atoms with van der Waals surface area (Å²) in [5.41, 5.74) is 7.41. The van der Waals surface area contributed by atoms with Gasteiger partial charge in [-0.25, -0.2) is 4.39 Å². The van der Waals surface area contributed by atoms with Gasteiger partial charge >= 0.3 is 0 Å². The summed E-state index contributed by atoms with van der Waals surface area (Å²) in [6.07, 6.45) is 0.888. The first-order valence-electron chi connectivity index (χ1n) is 7.74. The van der Waals surface area contributed by atoms with Crippen LogP contribution in [0.25, 0.3) is 0 Å². The van der Waals surface area contributed by atoms with E-state index in [1.165, 1.54) is 12.1 Å². The lowest BCUT2D eigenvalue weighted by Crippen LogP contribution is -2.51. The second-order valence-corrected chi connectivity index (χ2v) is 5.67. The van der Waals surface area contributed by atoms with Gasteiger partial charge in [0.15, 0.2) is 0 Å². The summed E-state index contributed by atoms with van der Waals surface area (Å²) in [5, 5.41) is 9.01. The zero-order chi connectivity index (χ0) is 15.2. The highest BCUT2D eigenvalue weighted by molar-refractivity contribution is 5.22. The Balaban J connectivity index is 2.09. The average molecular weight is 295 g/mol. The minimum atomic E-state index is -0.213. The fraction of sp³-hybridized carbons (Fsp3) is 0.625. The molecule has 4 nitrogen and oxygen atoms in total. The molecule has 1 fully saturated rings. The van der Waals surface area contributed by atoms with Crippen molar-refractivity contribution in [1.29, 1.82) is 0 Å². The molecule has 2 rings (SSSR count). The Morgan fingerprint density at radius 2 is 1.81 bits per heavy atom. The van der Waals surface area contributed by atoms with Crippen LogP contribution in [0, 0.1) is 5.82 Å². The lowest BCUT2D eigenvalue weighted by atomic mass is 9.95. The van der Waals surface area contributed by atoms with E-state index >= 15 is 0 Å². The van der Waals surface area contributed by atoms with Gasteiger partial charge in [0.1, 0.15) is 5.82 Å². The number of β-amino-alcohol motifs (C(OH)–C–C–N with tert-alkyl or cyclic N) is 1. The molecule has 1 aliphatic heterocycles. The first-order chi connectivity index (χ1) is 10.2. The predicted molar refractivity (Wildman–Crippen MR) is 82.5 cm³/mol. The van der Waals surface area contributed by atoms with Gasteiger partial charge in [0.2, 0.25) is 0 Å². The van der Waals surface area contributed by atoms with Crippen molar-refractivity contribution < 1.29 is 9.50 Å². The van der Waals surface area contributed by atoms with E-state index in [2.05, 4.69) is 16.7 Å². The van der Waals surface area contributed by atoms with Crippen molar-refractivity contribution in [2.75, 3.05) is 39.3 Å². The van der Waals surface area contributed by atoms with E-state index in [4.69, 9.17) is 10.8 Å². The largest absolute Gasteiger partial charge is 0.395 e. The maximum atomic E-state index is 13.1. The number of piperazine rings is 1. The van der Waals surface area contributed by atoms with Gasteiger partial charge in [-0.15, -0.1) is 0 Å². The molecule has 0 saturated carbocycles. The average Bonchev–Trinajstić information content (AvgIpc) is 2.51. The summed E-state index contributed by atoms with van der Waals surface area (Å²) in [5.74, 6) is -0.213. The fourth-order valence-electron chi connectivity index (χ4n) is 3.02. The van der Waals surface area contributed by atoms with E-state index in [1.807, 2.05) is 12.1 Å². The quantitative estimate of drug-likeness (QED) is 0.828. The Bertz CT molecular complexity index is 418. The molecule has 2 unspecified atom stereocenters. The normalized spacial score (nSPS) is 20.4. The molecule has 1 saturated heterocycles. The van der Waals surface area contributed by atoms with E-state index in [9.17, 15) is 4.39 Å². The van der Waals surface area contributed by atoms with Gasteiger partial charge in [-0.05, 0) is 24.1 Å². The Hall–Kier alpha value is -1.01. The second-order valence-electron chi connectivity index (χ2n) is 5.67. The maximum absolute atomic E-state index is 13.1. The number of benzene rings is 1. The molecule has 1 aromatic carbocycles. The van der Waals surface area contributed by atoms with Crippen LogP contribution in [0.3, 0.4) is 0 Å². The molecule has 3 N–H and O–H groups in total. The molecule has 5 heteroatoms. The number of hydrogen-bond donors (Lipinski definition) is 2. The molecule has 0 bridgehead atoms. The molecule has 118 valence electrons. The summed E-state index contributed by atoms with van der Waals surface area (Å²) in [7, 11) is 0. The van der Waals surface area contributed by atoms with Gasteiger partial charge in [-0.1, -0.05) is 19.1 Å². The van der Waals surface area contributed by atoms with Gasteiger partial charge in [-0.2, -0.15) is 0 Å². The third-order valence-corrected chi connectivity index (χ3v) is 4.30. The molecule has 0 aliphatic carbocycles. The van der Waals surface area contributed by atoms with Crippen LogP contribution in [-0.2, 0) is 0 Å². The van der Waals surface area contributed by atoms with Crippen LogP contribution < -0.4 is 5.73 Å². The van der Waals surface area contributed by atoms with Crippen molar-refractivity contribution in [3.63, 3.8) is 0 Å². The monoisotopic (exact) mass is 295 g/mol. The van der Waals surface area contributed by atoms with E-state index in [1.54, 1.807) is 0 Å². The molecule has 0 radical (unpaired) electrons. The Kier molecular flexibility index (Phi) is 6.11. The SMILES string of the molecule is CCC(N)C(c1ccc(F)cc1)N1CCN(CCO)CC1. The van der Waals surface area contributed by atoms with Crippen LogP contribution in [0.5, 0.6) is 0 Å². The van der Waals surface area contributed by atoms with Crippen molar-refractivity contribution in [3.05, 3.63) is 35.6 Å². The minimum Gasteiger partial charge on any atom is -0.395 e. The first kappa shape index (κ1) is 16.4. The molecule has 0 amide bonds. The number of nitrogens with two attached hydrogens (primary N) is 1. The van der Waals surface area contributed by atoms with Gasteiger partial charge in [-0.3, -0.25) is 9.80 Å². The highest BCUT2D eigenvalue weighted by Gasteiger charge is 2.28. The van der Waals surface area contributed by atoms with Gasteiger partial charge in [0.05, 0.1) is 6.61 Å². The summed E-state index contributed by atoms with van der Waals surface area (Å²) >= 11 is 0. The summed E-state index contributed by atoms with van der Waals surface area (Å²) in [4.78, 5) is 4.64. The number of aliphatic hydroxyl groups excluding tert-OH is 1. The van der Waals surface area contributed by atoms with Gasteiger partial charge in [0, 0.05) is 44.8 Å². The van der Waals surface area contributed by atoms with Crippen LogP contribution in [0.15, 0.2) is 24.3 Å². The summed E-state index contributed by atoms with van der Waals surface area (Å²) < 4.78 is 13.1. The summed E-state index contributed by atoms with van der Waals surface area (Å²) in [6, 6.07) is 6.87. The Labute approximate surface area is 126 Å². The zero-order valence-corrected chi connectivity index (χ0v) is 12.7. The number of halogens is 1. The van der Waals surface area contributed by atoms with Crippen LogP contribution >= 0.6 is 0 Å². The number of hydrogen-bond acceptors (Lipinski definition) is 4. The Morgan fingerprint density at radius 3 is 2.33 bits per heavy atom. The molecule has 2 atom stereocenters. The van der Waals surface area contributed by atoms with E-state index < -0.39 is 0 Å². The molecule has 21 heavy (non-hydrogen) atoms. The van der Waals surface area contributed by atoms with Crippen molar-refractivity contribution in [1.82, 2.24) is 9.80 Å². The van der Waals surface area contributed by atoms with Crippen molar-refractivity contribution in [3.8, 4) is 0 Å². The molecule has 1 aliphatic rings. The topological polar surface area (TPSA) is 52.7 Å². The second kappa shape index (κ2) is 7.84. The number of nitrogens with zero attached hydrogens (tertiary/aromatic N) is 2. The van der Waals surface area contributed by atoms with E-state index in [-0.39, 0.29) is 24.5 Å². The minimum absolute atomic E-state index is 0.0415. The fourth-order valence-corrected chi connectivity index (χ4v) is 3.02. The van der Waals surface area contributed by atoms with E-state index in [0.717, 1.165) is 44.7 Å². The van der Waals surface area contributed by atoms with Gasteiger partial charge in [0.25, 0.3) is 0 Å². The molecular formula is C16H26FN3O. The third-order valence-electron chi connectivity index (χ3n) is 4.30. The predicted octanol–water partition coefficient (Wildman–Crippen LogP) is 1.21. The van der Waals surface area contributed by atoms with Gasteiger partial charge < -0.3 is 10.8 Å². The van der Waals surface area contributed by atoms with Crippen LogP contribution in [-0.4, -0.2) is 60.3 Å². The molecular weight excluding hydrogens is 269 g/mol. The van der Waals surface area contributed by atoms with E-state index in [0.29, 0.717) is 0 Å². The maximum Gasteiger partial charge on any atom is 0.123 e. The lowest BCUT2D eigenvalue weighted by molar-refractivity contribution is 0.0733. The standard InChI is InChI=1S/C16H26FN3O/c1-2-15(18)16(13-3-5-14(17)6-4-13)20-9-7-19(8-10-20)11-12-21/h3-6,15-16,21H,2,7-12,18H2,1H3. The van der Waals surface area contributed by atoms with Crippen molar-refractivity contribution in [2.45, 2.75) is 25.4 Å². The molecule has 0 aromatic heterocycles. The number of rotatable bonds is 6. The smallest absolute Gasteiger partial charge is 0.123 e. The Morgan fingerprint density at radius 1 is 1.19 bits per heavy atom. The van der Waals surface area contributed by atoms with Crippen LogP contribution in [0.1, 0.15) is 24.9 Å². The highest BCUT2D eigenvalue weighted by atomic mass is 19.1. The highest BCUT2D eigenvalue weighted by Crippen LogP contribution is 2.26. The third kappa shape index (κ3) is 4.23. The van der Waals surface area contributed by atoms with Crippen molar-refractivity contribution >= 4 is 0 Å². The number of aliphatic hydroxyl groups is 1. The lowest BCUT2D eigenvalue weighted by Gasteiger charge is -2.41. The zero-order valence-electron chi connectivity index (χ0n) is 12.7. The first-order valence-corrected chi connectivity index (χ1v) is 7.74.